The average molecular weight is 869 g/mol. The summed E-state index contributed by atoms with van der Waals surface area (Å²) in [5.74, 6) is -0.804. The quantitative estimate of drug-likeness (QED) is 0.0212. The number of hydrogen-bond donors (Lipinski definition) is 1. The summed E-state index contributed by atoms with van der Waals surface area (Å²) in [6, 6.07) is 0. The standard InChI is InChI=1S/C50H94NO8P/c1-6-8-10-12-14-16-18-20-22-24-25-27-28-30-32-34-36-38-40-42-49(52)56-46-48(47-58-60(54,55)57-45-44-51(3,4)5)59-50(53)43-41-39-37-35-33-31-29-26-23-21-19-17-15-13-11-9-7-2/h15,17,20-23,48H,6-14,16,18-19,24-47H2,1-5H3/p+1/b17-15+,22-20+,23-21+/t48-/m1/s1. The smallest absolute Gasteiger partial charge is 0.462 e. The molecule has 10 heteroatoms. The van der Waals surface area contributed by atoms with E-state index in [1.807, 2.05) is 21.1 Å². The van der Waals surface area contributed by atoms with E-state index in [9.17, 15) is 19.0 Å². The molecule has 1 unspecified atom stereocenters. The molecule has 0 spiro atoms. The van der Waals surface area contributed by atoms with Crippen LogP contribution in [0.4, 0.5) is 0 Å². The number of rotatable bonds is 45. The largest absolute Gasteiger partial charge is 0.472 e. The van der Waals surface area contributed by atoms with Crippen LogP contribution in [-0.4, -0.2) is 74.9 Å². The second kappa shape index (κ2) is 42.5. The average Bonchev–Trinajstić information content (AvgIpc) is 3.20. The van der Waals surface area contributed by atoms with Crippen LogP contribution in [0, 0.1) is 0 Å². The lowest BCUT2D eigenvalue weighted by Crippen LogP contribution is -2.37. The molecule has 0 heterocycles. The van der Waals surface area contributed by atoms with E-state index in [-0.39, 0.29) is 32.0 Å². The number of allylic oxidation sites excluding steroid dienone is 6. The molecule has 0 amide bonds. The third kappa shape index (κ3) is 45.7. The summed E-state index contributed by atoms with van der Waals surface area (Å²) in [5.41, 5.74) is 0. The van der Waals surface area contributed by atoms with Crippen molar-refractivity contribution in [1.29, 1.82) is 0 Å². The molecule has 0 aromatic carbocycles. The minimum Gasteiger partial charge on any atom is -0.462 e. The molecule has 0 saturated heterocycles. The summed E-state index contributed by atoms with van der Waals surface area (Å²) < 4.78 is 34.4. The number of ether oxygens (including phenoxy) is 2. The number of nitrogens with zero attached hydrogens (tertiary/aromatic N) is 1. The Morgan fingerprint density at radius 1 is 0.517 bits per heavy atom. The van der Waals surface area contributed by atoms with Crippen molar-refractivity contribution in [3.05, 3.63) is 36.5 Å². The number of phosphoric acid groups is 1. The van der Waals surface area contributed by atoms with Gasteiger partial charge in [0.15, 0.2) is 6.10 Å². The lowest BCUT2D eigenvalue weighted by atomic mass is 10.1. The van der Waals surface area contributed by atoms with Crippen molar-refractivity contribution < 1.29 is 42.1 Å². The van der Waals surface area contributed by atoms with Crippen molar-refractivity contribution in [2.75, 3.05) is 47.5 Å². The van der Waals surface area contributed by atoms with E-state index in [1.165, 1.54) is 135 Å². The number of hydrogen-bond acceptors (Lipinski definition) is 7. The van der Waals surface area contributed by atoms with E-state index in [2.05, 4.69) is 50.3 Å². The molecule has 0 bridgehead atoms. The number of carbonyl (C=O) groups is 2. The van der Waals surface area contributed by atoms with Crippen LogP contribution in [0.3, 0.4) is 0 Å². The van der Waals surface area contributed by atoms with Crippen molar-refractivity contribution in [3.63, 3.8) is 0 Å². The second-order valence-electron chi connectivity index (χ2n) is 17.8. The maximum absolute atomic E-state index is 12.7. The Balaban J connectivity index is 4.28. The fourth-order valence-corrected chi connectivity index (χ4v) is 7.49. The first-order valence-corrected chi connectivity index (χ1v) is 26.2. The van der Waals surface area contributed by atoms with Gasteiger partial charge in [-0.3, -0.25) is 18.6 Å². The van der Waals surface area contributed by atoms with Gasteiger partial charge in [-0.1, -0.05) is 172 Å². The minimum atomic E-state index is -4.38. The molecule has 1 N–H and O–H groups in total. The first kappa shape index (κ1) is 58.2. The maximum atomic E-state index is 12.7. The molecule has 0 aliphatic heterocycles. The lowest BCUT2D eigenvalue weighted by molar-refractivity contribution is -0.870. The minimum absolute atomic E-state index is 0.0299. The van der Waals surface area contributed by atoms with Crippen LogP contribution in [0.15, 0.2) is 36.5 Å². The van der Waals surface area contributed by atoms with Gasteiger partial charge in [0, 0.05) is 12.8 Å². The lowest BCUT2D eigenvalue weighted by Gasteiger charge is -2.24. The summed E-state index contributed by atoms with van der Waals surface area (Å²) in [7, 11) is 1.47. The van der Waals surface area contributed by atoms with Gasteiger partial charge in [-0.2, -0.15) is 0 Å². The van der Waals surface area contributed by atoms with Gasteiger partial charge in [0.05, 0.1) is 27.7 Å². The molecule has 0 aliphatic carbocycles. The van der Waals surface area contributed by atoms with Gasteiger partial charge in [-0.15, -0.1) is 0 Å². The van der Waals surface area contributed by atoms with Crippen molar-refractivity contribution >= 4 is 19.8 Å². The molecule has 0 fully saturated rings. The predicted octanol–water partition coefficient (Wildman–Crippen LogP) is 14.5. The van der Waals surface area contributed by atoms with Gasteiger partial charge < -0.3 is 18.9 Å². The van der Waals surface area contributed by atoms with Gasteiger partial charge >= 0.3 is 19.8 Å². The van der Waals surface area contributed by atoms with Crippen LogP contribution in [0.2, 0.25) is 0 Å². The Bertz CT molecular complexity index is 1120. The van der Waals surface area contributed by atoms with E-state index in [0.29, 0.717) is 17.4 Å². The van der Waals surface area contributed by atoms with Gasteiger partial charge in [0.25, 0.3) is 0 Å². The third-order valence-corrected chi connectivity index (χ3v) is 11.6. The Kier molecular flexibility index (Phi) is 41.3. The van der Waals surface area contributed by atoms with E-state index in [4.69, 9.17) is 18.5 Å². The van der Waals surface area contributed by atoms with Crippen LogP contribution in [0.1, 0.15) is 219 Å². The van der Waals surface area contributed by atoms with Crippen LogP contribution in [-0.2, 0) is 32.7 Å². The van der Waals surface area contributed by atoms with Crippen molar-refractivity contribution in [2.45, 2.75) is 225 Å². The number of carbonyl (C=O) groups excluding carboxylic acids is 2. The molecule has 2 atom stereocenters. The molecule has 0 aromatic rings. The molecule has 0 aromatic heterocycles. The predicted molar refractivity (Wildman–Crippen MR) is 252 cm³/mol. The van der Waals surface area contributed by atoms with E-state index < -0.39 is 26.5 Å². The second-order valence-corrected chi connectivity index (χ2v) is 19.3. The van der Waals surface area contributed by atoms with Crippen LogP contribution in [0.25, 0.3) is 0 Å². The zero-order chi connectivity index (χ0) is 44.3. The fourth-order valence-electron chi connectivity index (χ4n) is 6.75. The highest BCUT2D eigenvalue weighted by molar-refractivity contribution is 7.47. The first-order chi connectivity index (χ1) is 29.0. The number of likely N-dealkylation sites (N-methyl/N-ethyl adjacent to an activating group) is 1. The molecule has 0 aliphatic rings. The molecular formula is C50H95NO8P+. The fraction of sp³-hybridized carbons (Fsp3) is 0.840. The SMILES string of the molecule is CCCCC/C=C/C/C=C/CCCCCCCCCC(=O)O[C@H](COC(=O)CCCCCCCCCCC/C=C/CCCCCCCC)COP(=O)(O)OCC[N+](C)(C)C. The Morgan fingerprint density at radius 2 is 0.900 bits per heavy atom. The van der Waals surface area contributed by atoms with Gasteiger partial charge in [-0.25, -0.2) is 4.57 Å². The monoisotopic (exact) mass is 869 g/mol. The zero-order valence-corrected chi connectivity index (χ0v) is 40.6. The first-order valence-electron chi connectivity index (χ1n) is 24.7. The molecule has 0 saturated carbocycles. The number of unbranched alkanes of at least 4 members (excludes halogenated alkanes) is 25. The van der Waals surface area contributed by atoms with Gasteiger partial charge in [0.1, 0.15) is 19.8 Å². The normalized spacial score (nSPS) is 13.8. The van der Waals surface area contributed by atoms with Gasteiger partial charge in [-0.05, 0) is 70.6 Å². The molecule has 352 valence electrons. The summed E-state index contributed by atoms with van der Waals surface area (Å²) >= 11 is 0. The van der Waals surface area contributed by atoms with Crippen LogP contribution in [0.5, 0.6) is 0 Å². The third-order valence-electron chi connectivity index (χ3n) is 10.6. The van der Waals surface area contributed by atoms with Gasteiger partial charge in [0.2, 0.25) is 0 Å². The Morgan fingerprint density at radius 3 is 1.37 bits per heavy atom. The van der Waals surface area contributed by atoms with Crippen LogP contribution < -0.4 is 0 Å². The summed E-state index contributed by atoms with van der Waals surface area (Å²) in [6.45, 7) is 4.40. The van der Waals surface area contributed by atoms with E-state index in [1.54, 1.807) is 0 Å². The van der Waals surface area contributed by atoms with Crippen molar-refractivity contribution in [2.24, 2.45) is 0 Å². The Hall–Kier alpha value is -1.77. The molecular weight excluding hydrogens is 774 g/mol. The Labute approximate surface area is 370 Å². The van der Waals surface area contributed by atoms with Crippen LogP contribution >= 0.6 is 7.82 Å². The number of esters is 2. The highest BCUT2D eigenvalue weighted by atomic mass is 31.2. The van der Waals surface area contributed by atoms with Crippen molar-refractivity contribution in [1.82, 2.24) is 0 Å². The highest BCUT2D eigenvalue weighted by Crippen LogP contribution is 2.43. The summed E-state index contributed by atoms with van der Waals surface area (Å²) in [4.78, 5) is 35.5. The number of phosphoric ester groups is 1. The molecule has 9 nitrogen and oxygen atoms in total. The van der Waals surface area contributed by atoms with Crippen molar-refractivity contribution in [3.8, 4) is 0 Å². The van der Waals surface area contributed by atoms with E-state index in [0.717, 1.165) is 51.4 Å². The molecule has 0 rings (SSSR count). The number of quaternary nitrogens is 1. The topological polar surface area (TPSA) is 108 Å². The summed E-state index contributed by atoms with van der Waals surface area (Å²) in [6.07, 6.45) is 49.0. The highest BCUT2D eigenvalue weighted by Gasteiger charge is 2.27. The maximum Gasteiger partial charge on any atom is 0.472 e. The molecule has 0 radical (unpaired) electrons. The zero-order valence-electron chi connectivity index (χ0n) is 39.7. The molecule has 60 heavy (non-hydrogen) atoms. The van der Waals surface area contributed by atoms with E-state index >= 15 is 0 Å². The summed E-state index contributed by atoms with van der Waals surface area (Å²) in [5, 5.41) is 0.